The van der Waals surface area contributed by atoms with Gasteiger partial charge in [-0.2, -0.15) is 9.43 Å². The summed E-state index contributed by atoms with van der Waals surface area (Å²) in [6.07, 6.45) is 0. The SMILES string of the molecule is COOSc1ccc(-c2nc(-c3ccc(F)cc3)cc3c(C)nn(C)c23)cc1. The van der Waals surface area contributed by atoms with E-state index in [4.69, 9.17) is 9.32 Å². The lowest BCUT2D eigenvalue weighted by Gasteiger charge is -2.09. The average molecular weight is 395 g/mol. The van der Waals surface area contributed by atoms with Crippen LogP contribution in [0.25, 0.3) is 33.4 Å². The minimum atomic E-state index is -0.269. The molecule has 0 radical (unpaired) electrons. The molecule has 0 N–H and O–H groups in total. The van der Waals surface area contributed by atoms with Crippen LogP contribution in [0, 0.1) is 12.7 Å². The first-order chi connectivity index (χ1) is 13.6. The molecule has 4 aromatic rings. The number of rotatable bonds is 5. The Morgan fingerprint density at radius 3 is 2.36 bits per heavy atom. The van der Waals surface area contributed by atoms with Gasteiger partial charge in [-0.25, -0.2) is 14.3 Å². The summed E-state index contributed by atoms with van der Waals surface area (Å²) in [6, 6.07) is 16.2. The van der Waals surface area contributed by atoms with Gasteiger partial charge in [-0.1, -0.05) is 12.1 Å². The smallest absolute Gasteiger partial charge is 0.123 e. The molecule has 0 amide bonds. The van der Waals surface area contributed by atoms with Crippen molar-refractivity contribution in [3.05, 3.63) is 66.1 Å². The molecule has 28 heavy (non-hydrogen) atoms. The highest BCUT2D eigenvalue weighted by atomic mass is 32.2. The van der Waals surface area contributed by atoms with Gasteiger partial charge in [-0.3, -0.25) is 4.68 Å². The second kappa shape index (κ2) is 7.71. The van der Waals surface area contributed by atoms with Gasteiger partial charge < -0.3 is 0 Å². The highest BCUT2D eigenvalue weighted by molar-refractivity contribution is 7.94. The van der Waals surface area contributed by atoms with Crippen LogP contribution in [0.1, 0.15) is 5.69 Å². The van der Waals surface area contributed by atoms with Crippen LogP contribution >= 0.6 is 12.0 Å². The maximum absolute atomic E-state index is 13.3. The van der Waals surface area contributed by atoms with E-state index in [0.29, 0.717) is 0 Å². The molecule has 0 bridgehead atoms. The summed E-state index contributed by atoms with van der Waals surface area (Å²) in [5, 5.41) is 5.58. The van der Waals surface area contributed by atoms with E-state index in [9.17, 15) is 4.39 Å². The summed E-state index contributed by atoms with van der Waals surface area (Å²) in [6.45, 7) is 1.97. The lowest BCUT2D eigenvalue weighted by molar-refractivity contribution is -0.160. The first-order valence-electron chi connectivity index (χ1n) is 8.65. The van der Waals surface area contributed by atoms with Crippen molar-refractivity contribution < 1.29 is 13.6 Å². The summed E-state index contributed by atoms with van der Waals surface area (Å²) in [7, 11) is 3.38. The van der Waals surface area contributed by atoms with Gasteiger partial charge in [-0.05, 0) is 49.4 Å². The fourth-order valence-corrected chi connectivity index (χ4v) is 3.58. The second-order valence-corrected chi connectivity index (χ2v) is 7.08. The zero-order chi connectivity index (χ0) is 19.7. The fraction of sp³-hybridized carbons (Fsp3) is 0.143. The number of aryl methyl sites for hydroxylation is 2. The summed E-state index contributed by atoms with van der Waals surface area (Å²) in [4.78, 5) is 10.4. The standard InChI is InChI=1S/C21H18FN3O2S/c1-13-18-12-19(14-4-8-16(22)9-5-14)23-20(21(18)25(2)24-13)15-6-10-17(11-7-15)28-27-26-3/h4-12H,1-3H3. The molecule has 5 nitrogen and oxygen atoms in total. The Hall–Kier alpha value is -2.74. The molecule has 2 aromatic heterocycles. The van der Waals surface area contributed by atoms with Crippen molar-refractivity contribution in [3.63, 3.8) is 0 Å². The van der Waals surface area contributed by atoms with E-state index < -0.39 is 0 Å². The molecule has 4 rings (SSSR count). The van der Waals surface area contributed by atoms with E-state index in [0.717, 1.165) is 56.0 Å². The van der Waals surface area contributed by atoms with Gasteiger partial charge in [0.15, 0.2) is 0 Å². The summed E-state index contributed by atoms with van der Waals surface area (Å²) >= 11 is 1.14. The number of pyridine rings is 1. The summed E-state index contributed by atoms with van der Waals surface area (Å²) in [5.41, 5.74) is 5.29. The van der Waals surface area contributed by atoms with E-state index >= 15 is 0 Å². The Labute approximate surface area is 166 Å². The molecule has 0 saturated heterocycles. The highest BCUT2D eigenvalue weighted by Crippen LogP contribution is 2.33. The van der Waals surface area contributed by atoms with Crippen LogP contribution in [0.3, 0.4) is 0 Å². The third-order valence-electron chi connectivity index (χ3n) is 4.47. The first kappa shape index (κ1) is 18.6. The number of benzene rings is 2. The molecule has 0 saturated carbocycles. The van der Waals surface area contributed by atoms with Crippen LogP contribution in [0.4, 0.5) is 4.39 Å². The Balaban J connectivity index is 1.87. The van der Waals surface area contributed by atoms with Crippen molar-refractivity contribution in [2.75, 3.05) is 7.11 Å². The zero-order valence-corrected chi connectivity index (χ0v) is 16.5. The Kier molecular flexibility index (Phi) is 5.13. The molecule has 0 fully saturated rings. The lowest BCUT2D eigenvalue weighted by atomic mass is 10.0. The molecule has 2 heterocycles. The second-order valence-electron chi connectivity index (χ2n) is 6.31. The summed E-state index contributed by atoms with van der Waals surface area (Å²) < 4.78 is 20.1. The van der Waals surface area contributed by atoms with Gasteiger partial charge in [0.2, 0.25) is 0 Å². The van der Waals surface area contributed by atoms with Crippen molar-refractivity contribution in [1.29, 1.82) is 0 Å². The number of hydrogen-bond donors (Lipinski definition) is 0. The molecule has 2 aromatic carbocycles. The summed E-state index contributed by atoms with van der Waals surface area (Å²) in [5.74, 6) is -0.269. The van der Waals surface area contributed by atoms with Crippen LogP contribution in [0.15, 0.2) is 59.5 Å². The molecule has 0 aliphatic carbocycles. The molecule has 142 valence electrons. The van der Waals surface area contributed by atoms with Gasteiger partial charge in [0.25, 0.3) is 0 Å². The topological polar surface area (TPSA) is 49.2 Å². The molecule has 7 heteroatoms. The number of halogens is 1. The van der Waals surface area contributed by atoms with Crippen molar-refractivity contribution >= 4 is 22.9 Å². The molecule has 0 unspecified atom stereocenters. The van der Waals surface area contributed by atoms with Crippen LogP contribution < -0.4 is 0 Å². The van der Waals surface area contributed by atoms with E-state index in [-0.39, 0.29) is 5.82 Å². The van der Waals surface area contributed by atoms with Crippen LogP contribution in [-0.2, 0) is 16.3 Å². The predicted molar refractivity (Wildman–Crippen MR) is 108 cm³/mol. The quantitative estimate of drug-likeness (QED) is 0.259. The minimum absolute atomic E-state index is 0.269. The largest absolute Gasteiger partial charge is 0.265 e. The maximum atomic E-state index is 13.3. The minimum Gasteiger partial charge on any atom is -0.265 e. The van der Waals surface area contributed by atoms with Crippen LogP contribution in [0.2, 0.25) is 0 Å². The maximum Gasteiger partial charge on any atom is 0.123 e. The Morgan fingerprint density at radius 1 is 1.00 bits per heavy atom. The van der Waals surface area contributed by atoms with E-state index in [1.807, 2.05) is 49.0 Å². The van der Waals surface area contributed by atoms with E-state index in [1.54, 1.807) is 12.1 Å². The van der Waals surface area contributed by atoms with Crippen molar-refractivity contribution in [1.82, 2.24) is 14.8 Å². The van der Waals surface area contributed by atoms with Gasteiger partial charge >= 0.3 is 0 Å². The number of hydrogen-bond acceptors (Lipinski definition) is 5. The monoisotopic (exact) mass is 395 g/mol. The predicted octanol–water partition coefficient (Wildman–Crippen LogP) is 5.33. The van der Waals surface area contributed by atoms with Crippen molar-refractivity contribution in [2.45, 2.75) is 11.8 Å². The Bertz CT molecular complexity index is 1130. The van der Waals surface area contributed by atoms with Crippen LogP contribution in [0.5, 0.6) is 0 Å². The third-order valence-corrected chi connectivity index (χ3v) is 5.14. The average Bonchev–Trinajstić information content (AvgIpc) is 3.00. The van der Waals surface area contributed by atoms with Crippen LogP contribution in [-0.4, -0.2) is 21.9 Å². The molecule has 0 spiro atoms. The van der Waals surface area contributed by atoms with Crippen molar-refractivity contribution in [2.24, 2.45) is 7.05 Å². The number of nitrogens with zero attached hydrogens (tertiary/aromatic N) is 3. The van der Waals surface area contributed by atoms with E-state index in [2.05, 4.69) is 9.99 Å². The van der Waals surface area contributed by atoms with Gasteiger partial charge in [0.1, 0.15) is 5.82 Å². The number of fused-ring (bicyclic) bond motifs is 1. The Morgan fingerprint density at radius 2 is 1.68 bits per heavy atom. The van der Waals surface area contributed by atoms with E-state index in [1.165, 1.54) is 19.2 Å². The third kappa shape index (κ3) is 3.52. The normalized spacial score (nSPS) is 11.3. The van der Waals surface area contributed by atoms with Gasteiger partial charge in [0.05, 0.1) is 41.8 Å². The molecular weight excluding hydrogens is 377 g/mol. The van der Waals surface area contributed by atoms with Gasteiger partial charge in [0, 0.05) is 28.5 Å². The zero-order valence-electron chi connectivity index (χ0n) is 15.6. The molecule has 0 aliphatic rings. The first-order valence-corrected chi connectivity index (χ1v) is 9.39. The highest BCUT2D eigenvalue weighted by Gasteiger charge is 2.16. The lowest BCUT2D eigenvalue weighted by Crippen LogP contribution is -1.96. The molecule has 0 atom stereocenters. The molecule has 0 aliphatic heterocycles. The van der Waals surface area contributed by atoms with Crippen molar-refractivity contribution in [3.8, 4) is 22.5 Å². The van der Waals surface area contributed by atoms with Gasteiger partial charge in [-0.15, -0.1) is 0 Å². The number of aromatic nitrogens is 3. The molecular formula is C21H18FN3O2S. The fourth-order valence-electron chi connectivity index (χ4n) is 3.18.